The number of aromatic nitrogens is 1. The maximum Gasteiger partial charge on any atom is 0.225 e. The van der Waals surface area contributed by atoms with E-state index in [1.807, 2.05) is 43.3 Å². The van der Waals surface area contributed by atoms with Crippen molar-refractivity contribution in [3.63, 3.8) is 0 Å². The Labute approximate surface area is 143 Å². The third-order valence-corrected chi connectivity index (χ3v) is 4.55. The highest BCUT2D eigenvalue weighted by Crippen LogP contribution is 2.23. The molecule has 2 unspecified atom stereocenters. The second-order valence-electron chi connectivity index (χ2n) is 6.17. The summed E-state index contributed by atoms with van der Waals surface area (Å²) in [6.45, 7) is 6.44. The van der Waals surface area contributed by atoms with E-state index >= 15 is 0 Å². The first-order chi connectivity index (χ1) is 11.6. The van der Waals surface area contributed by atoms with Gasteiger partial charge in [-0.05, 0) is 18.4 Å². The molecule has 1 aromatic carbocycles. The number of carbonyl (C=O) groups excluding carboxylic acids is 1. The van der Waals surface area contributed by atoms with E-state index < -0.39 is 0 Å². The highest BCUT2D eigenvalue weighted by molar-refractivity contribution is 5.79. The summed E-state index contributed by atoms with van der Waals surface area (Å²) in [4.78, 5) is 12.3. The Hall–Kier alpha value is -2.14. The highest BCUT2D eigenvalue weighted by atomic mass is 16.5. The minimum Gasteiger partial charge on any atom is -0.359 e. The predicted molar refractivity (Wildman–Crippen MR) is 94.2 cm³/mol. The predicted octanol–water partition coefficient (Wildman–Crippen LogP) is 3.53. The molecule has 0 aliphatic rings. The molecule has 0 aliphatic carbocycles. The van der Waals surface area contributed by atoms with Gasteiger partial charge in [0, 0.05) is 18.0 Å². The number of amides is 1. The lowest BCUT2D eigenvalue weighted by Crippen LogP contribution is -2.35. The Morgan fingerprint density at radius 1 is 1.25 bits per heavy atom. The largest absolute Gasteiger partial charge is 0.359 e. The van der Waals surface area contributed by atoms with Gasteiger partial charge in [0.25, 0.3) is 0 Å². The van der Waals surface area contributed by atoms with Crippen molar-refractivity contribution in [3.8, 4) is 0 Å². The van der Waals surface area contributed by atoms with Crippen molar-refractivity contribution in [2.45, 2.75) is 52.1 Å². The molecule has 0 spiro atoms. The van der Waals surface area contributed by atoms with Crippen LogP contribution in [0.25, 0.3) is 0 Å². The van der Waals surface area contributed by atoms with E-state index in [-0.39, 0.29) is 17.9 Å². The van der Waals surface area contributed by atoms with Crippen LogP contribution < -0.4 is 11.1 Å². The molecule has 0 aliphatic heterocycles. The minimum atomic E-state index is -0.332. The first-order valence-corrected chi connectivity index (χ1v) is 8.60. The molecule has 24 heavy (non-hydrogen) atoms. The van der Waals surface area contributed by atoms with Crippen molar-refractivity contribution >= 4 is 5.91 Å². The molecule has 2 rings (SSSR count). The van der Waals surface area contributed by atoms with E-state index in [1.165, 1.54) is 0 Å². The molecular formula is C19H27N3O2. The van der Waals surface area contributed by atoms with Gasteiger partial charge in [0.15, 0.2) is 5.76 Å². The summed E-state index contributed by atoms with van der Waals surface area (Å²) < 4.78 is 5.33. The van der Waals surface area contributed by atoms with Gasteiger partial charge >= 0.3 is 0 Å². The Balaban J connectivity index is 1.91. The maximum absolute atomic E-state index is 12.3. The zero-order valence-corrected chi connectivity index (χ0v) is 14.7. The summed E-state index contributed by atoms with van der Waals surface area (Å²) in [6.07, 6.45) is 2.05. The number of benzene rings is 1. The van der Waals surface area contributed by atoms with Gasteiger partial charge in [0.2, 0.25) is 5.91 Å². The van der Waals surface area contributed by atoms with Gasteiger partial charge in [-0.15, -0.1) is 0 Å². The number of hydrogen-bond acceptors (Lipinski definition) is 4. The molecule has 2 atom stereocenters. The summed E-state index contributed by atoms with van der Waals surface area (Å²) in [7, 11) is 0. The third-order valence-electron chi connectivity index (χ3n) is 4.55. The van der Waals surface area contributed by atoms with Gasteiger partial charge < -0.3 is 15.6 Å². The minimum absolute atomic E-state index is 0.0909. The lowest BCUT2D eigenvalue weighted by atomic mass is 9.94. The normalized spacial score (nSPS) is 13.7. The van der Waals surface area contributed by atoms with Crippen LogP contribution in [0.15, 0.2) is 40.9 Å². The lowest BCUT2D eigenvalue weighted by molar-refractivity contribution is -0.125. The van der Waals surface area contributed by atoms with Gasteiger partial charge in [-0.3, -0.25) is 4.79 Å². The average molecular weight is 329 g/mol. The van der Waals surface area contributed by atoms with E-state index in [9.17, 15) is 4.79 Å². The van der Waals surface area contributed by atoms with E-state index in [1.54, 1.807) is 0 Å². The first-order valence-electron chi connectivity index (χ1n) is 8.60. The Bertz CT molecular complexity index is 635. The molecule has 3 N–H and O–H groups in total. The monoisotopic (exact) mass is 329 g/mol. The molecule has 1 heterocycles. The zero-order valence-electron chi connectivity index (χ0n) is 14.7. The summed E-state index contributed by atoms with van der Waals surface area (Å²) in [6, 6.07) is 11.3. The molecule has 0 saturated carbocycles. The van der Waals surface area contributed by atoms with Gasteiger partial charge in [0.1, 0.15) is 0 Å². The van der Waals surface area contributed by atoms with E-state index in [0.29, 0.717) is 18.2 Å². The topological polar surface area (TPSA) is 81.2 Å². The molecule has 5 nitrogen and oxygen atoms in total. The maximum atomic E-state index is 12.3. The number of nitrogens with two attached hydrogens (primary N) is 1. The third kappa shape index (κ3) is 4.45. The van der Waals surface area contributed by atoms with Crippen LogP contribution >= 0.6 is 0 Å². The van der Waals surface area contributed by atoms with Gasteiger partial charge in [-0.2, -0.15) is 0 Å². The number of rotatable bonds is 8. The van der Waals surface area contributed by atoms with Crippen molar-refractivity contribution in [2.75, 3.05) is 0 Å². The van der Waals surface area contributed by atoms with Crippen LogP contribution in [0.2, 0.25) is 0 Å². The molecule has 1 aromatic heterocycles. The summed E-state index contributed by atoms with van der Waals surface area (Å²) >= 11 is 0. The van der Waals surface area contributed by atoms with Gasteiger partial charge in [-0.25, -0.2) is 0 Å². The van der Waals surface area contributed by atoms with Crippen molar-refractivity contribution in [1.29, 1.82) is 0 Å². The van der Waals surface area contributed by atoms with Crippen LogP contribution in [-0.4, -0.2) is 11.1 Å². The number of carbonyl (C=O) groups is 1. The number of nitrogens with zero attached hydrogens (tertiary/aromatic N) is 1. The SMILES string of the molecule is CCC(CC)c1cc(CNC(=O)C(C)C(N)c2ccccc2)on1. The Kier molecular flexibility index (Phi) is 6.55. The standard InChI is InChI=1S/C19H27N3O2/c1-4-14(5-2)17-11-16(24-22-17)12-21-19(23)13(3)18(20)15-9-7-6-8-10-15/h6-11,13-14,18H,4-5,12,20H2,1-3H3,(H,21,23). The van der Waals surface area contributed by atoms with Crippen LogP contribution in [-0.2, 0) is 11.3 Å². The molecule has 5 heteroatoms. The van der Waals surface area contributed by atoms with Crippen LogP contribution in [0.5, 0.6) is 0 Å². The molecule has 0 saturated heterocycles. The fraction of sp³-hybridized carbons (Fsp3) is 0.474. The molecule has 0 radical (unpaired) electrons. The molecule has 0 bridgehead atoms. The Morgan fingerprint density at radius 3 is 2.54 bits per heavy atom. The van der Waals surface area contributed by atoms with Crippen molar-refractivity contribution in [3.05, 3.63) is 53.4 Å². The van der Waals surface area contributed by atoms with Crippen LogP contribution in [0.1, 0.15) is 62.6 Å². The highest BCUT2D eigenvalue weighted by Gasteiger charge is 2.22. The van der Waals surface area contributed by atoms with Crippen LogP contribution in [0.4, 0.5) is 0 Å². The number of hydrogen-bond donors (Lipinski definition) is 2. The smallest absolute Gasteiger partial charge is 0.225 e. The van der Waals surface area contributed by atoms with Crippen molar-refractivity contribution in [2.24, 2.45) is 11.7 Å². The molecule has 1 amide bonds. The van der Waals surface area contributed by atoms with Crippen molar-refractivity contribution in [1.82, 2.24) is 10.5 Å². The van der Waals surface area contributed by atoms with Crippen molar-refractivity contribution < 1.29 is 9.32 Å². The summed E-state index contributed by atoms with van der Waals surface area (Å²) in [5.74, 6) is 0.662. The molecule has 130 valence electrons. The van der Waals surface area contributed by atoms with Gasteiger partial charge in [0.05, 0.1) is 18.2 Å². The number of nitrogens with one attached hydrogen (secondary N) is 1. The molecule has 0 fully saturated rings. The second kappa shape index (κ2) is 8.64. The molecular weight excluding hydrogens is 302 g/mol. The van der Waals surface area contributed by atoms with E-state index in [2.05, 4.69) is 24.3 Å². The van der Waals surface area contributed by atoms with E-state index in [0.717, 1.165) is 24.1 Å². The average Bonchev–Trinajstić information content (AvgIpc) is 3.09. The van der Waals surface area contributed by atoms with E-state index in [4.69, 9.17) is 10.3 Å². The fourth-order valence-corrected chi connectivity index (χ4v) is 2.77. The lowest BCUT2D eigenvalue weighted by Gasteiger charge is -2.19. The summed E-state index contributed by atoms with van der Waals surface area (Å²) in [5.41, 5.74) is 8.10. The summed E-state index contributed by atoms with van der Waals surface area (Å²) in [5, 5.41) is 7.00. The van der Waals surface area contributed by atoms with Crippen LogP contribution in [0.3, 0.4) is 0 Å². The zero-order chi connectivity index (χ0) is 17.5. The fourth-order valence-electron chi connectivity index (χ4n) is 2.77. The second-order valence-corrected chi connectivity index (χ2v) is 6.17. The van der Waals surface area contributed by atoms with Crippen LogP contribution in [0, 0.1) is 5.92 Å². The molecule has 2 aromatic rings. The Morgan fingerprint density at radius 2 is 1.92 bits per heavy atom. The quantitative estimate of drug-likeness (QED) is 0.776. The van der Waals surface area contributed by atoms with Gasteiger partial charge in [-0.1, -0.05) is 56.3 Å². The first kappa shape index (κ1) is 18.2.